The number of nitrogens with one attached hydrogen (secondary N) is 2. The van der Waals surface area contributed by atoms with Gasteiger partial charge in [0.25, 0.3) is 0 Å². The average molecular weight is 346 g/mol. The zero-order valence-electron chi connectivity index (χ0n) is 13.7. The van der Waals surface area contributed by atoms with Crippen molar-refractivity contribution >= 4 is 28.2 Å². The number of carbonyl (C=O) groups excluding carboxylic acids is 1. The average Bonchev–Trinajstić information content (AvgIpc) is 3.13. The summed E-state index contributed by atoms with van der Waals surface area (Å²) >= 11 is 0. The minimum absolute atomic E-state index is 0.00476. The molecule has 0 aliphatic carbocycles. The molecule has 6 heteroatoms. The van der Waals surface area contributed by atoms with Crippen LogP contribution in [-0.2, 0) is 6.42 Å². The number of ketones is 1. The van der Waals surface area contributed by atoms with E-state index in [2.05, 4.69) is 20.3 Å². The first-order valence-corrected chi connectivity index (χ1v) is 8.11. The molecule has 0 radical (unpaired) electrons. The van der Waals surface area contributed by atoms with Crippen LogP contribution in [0.5, 0.6) is 0 Å². The summed E-state index contributed by atoms with van der Waals surface area (Å²) < 4.78 is 13.1. The highest BCUT2D eigenvalue weighted by Gasteiger charge is 2.12. The minimum Gasteiger partial charge on any atom is -0.354 e. The molecule has 4 aromatic rings. The van der Waals surface area contributed by atoms with E-state index in [1.807, 2.05) is 6.07 Å². The molecule has 0 spiro atoms. The van der Waals surface area contributed by atoms with Crippen molar-refractivity contribution in [3.63, 3.8) is 0 Å². The number of hydrogen-bond acceptors (Lipinski definition) is 4. The fourth-order valence-electron chi connectivity index (χ4n) is 2.76. The van der Waals surface area contributed by atoms with Crippen molar-refractivity contribution in [2.45, 2.75) is 6.42 Å². The van der Waals surface area contributed by atoms with Gasteiger partial charge in [-0.05, 0) is 54.1 Å². The Morgan fingerprint density at radius 2 is 1.96 bits per heavy atom. The van der Waals surface area contributed by atoms with Crippen LogP contribution in [0.2, 0.25) is 0 Å². The topological polar surface area (TPSA) is 70.7 Å². The van der Waals surface area contributed by atoms with E-state index in [0.717, 1.165) is 28.0 Å². The van der Waals surface area contributed by atoms with Crippen molar-refractivity contribution in [3.8, 4) is 0 Å². The Kier molecular flexibility index (Phi) is 4.15. The number of anilines is 2. The molecular weight excluding hydrogens is 331 g/mol. The molecule has 2 aromatic heterocycles. The van der Waals surface area contributed by atoms with E-state index < -0.39 is 0 Å². The number of rotatable bonds is 5. The standard InChI is InChI=1S/C20H15FN4O/c21-15-2-4-16(5-3-15)25-19-11-22-8-7-13(19)10-20(26)14-1-6-17-18(9-14)24-12-23-17/h1-9,11-12,25H,10H2,(H,23,24). The fourth-order valence-corrected chi connectivity index (χ4v) is 2.76. The van der Waals surface area contributed by atoms with E-state index in [-0.39, 0.29) is 18.0 Å². The highest BCUT2D eigenvalue weighted by Crippen LogP contribution is 2.22. The van der Waals surface area contributed by atoms with E-state index in [0.29, 0.717) is 5.56 Å². The quantitative estimate of drug-likeness (QED) is 0.530. The van der Waals surface area contributed by atoms with Gasteiger partial charge >= 0.3 is 0 Å². The third-order valence-electron chi connectivity index (χ3n) is 4.13. The predicted octanol–water partition coefficient (Wildman–Crippen LogP) is 4.27. The molecular formula is C20H15FN4O. The summed E-state index contributed by atoms with van der Waals surface area (Å²) in [5.74, 6) is -0.304. The molecule has 0 bridgehead atoms. The molecule has 4 rings (SSSR count). The molecule has 0 amide bonds. The Balaban J connectivity index is 1.57. The van der Waals surface area contributed by atoms with Gasteiger partial charge in [0, 0.05) is 23.9 Å². The number of halogens is 1. The van der Waals surface area contributed by atoms with Gasteiger partial charge in [-0.3, -0.25) is 9.78 Å². The Hall–Kier alpha value is -3.54. The van der Waals surface area contributed by atoms with Crippen LogP contribution in [0, 0.1) is 5.82 Å². The Morgan fingerprint density at radius 1 is 1.12 bits per heavy atom. The van der Waals surface area contributed by atoms with Gasteiger partial charge in [0.15, 0.2) is 5.78 Å². The maximum atomic E-state index is 13.1. The van der Waals surface area contributed by atoms with Gasteiger partial charge in [-0.25, -0.2) is 9.37 Å². The minimum atomic E-state index is -0.300. The van der Waals surface area contributed by atoms with Crippen LogP contribution in [0.15, 0.2) is 67.3 Å². The lowest BCUT2D eigenvalue weighted by molar-refractivity contribution is 0.0993. The number of hydrogen-bond donors (Lipinski definition) is 2. The van der Waals surface area contributed by atoms with E-state index in [1.54, 1.807) is 49.1 Å². The van der Waals surface area contributed by atoms with E-state index >= 15 is 0 Å². The first-order valence-electron chi connectivity index (χ1n) is 8.11. The summed E-state index contributed by atoms with van der Waals surface area (Å²) in [6.07, 6.45) is 5.14. The van der Waals surface area contributed by atoms with Crippen molar-refractivity contribution in [3.05, 3.63) is 84.2 Å². The molecule has 26 heavy (non-hydrogen) atoms. The summed E-state index contributed by atoms with van der Waals surface area (Å²) in [4.78, 5) is 24.0. The lowest BCUT2D eigenvalue weighted by Crippen LogP contribution is -2.06. The summed E-state index contributed by atoms with van der Waals surface area (Å²) in [6.45, 7) is 0. The number of Topliss-reactive ketones (excluding diaryl/α,β-unsaturated/α-hetero) is 1. The number of imidazole rings is 1. The zero-order valence-corrected chi connectivity index (χ0v) is 13.7. The van der Waals surface area contributed by atoms with Crippen molar-refractivity contribution in [1.82, 2.24) is 15.0 Å². The van der Waals surface area contributed by atoms with Crippen LogP contribution in [0.4, 0.5) is 15.8 Å². The van der Waals surface area contributed by atoms with Crippen molar-refractivity contribution in [2.75, 3.05) is 5.32 Å². The molecule has 2 heterocycles. The molecule has 0 aliphatic heterocycles. The Morgan fingerprint density at radius 3 is 2.81 bits per heavy atom. The molecule has 0 aliphatic rings. The Labute approximate surface area is 148 Å². The van der Waals surface area contributed by atoms with E-state index in [1.165, 1.54) is 12.1 Å². The van der Waals surface area contributed by atoms with Crippen LogP contribution in [-0.4, -0.2) is 20.7 Å². The van der Waals surface area contributed by atoms with Gasteiger partial charge in [-0.1, -0.05) is 0 Å². The normalized spacial score (nSPS) is 10.8. The summed E-state index contributed by atoms with van der Waals surface area (Å²) in [7, 11) is 0. The number of fused-ring (bicyclic) bond motifs is 1. The monoisotopic (exact) mass is 346 g/mol. The first-order chi connectivity index (χ1) is 12.7. The number of aromatic amines is 1. The summed E-state index contributed by atoms with van der Waals surface area (Å²) in [5.41, 5.74) is 4.53. The maximum Gasteiger partial charge on any atom is 0.167 e. The maximum absolute atomic E-state index is 13.1. The fraction of sp³-hybridized carbons (Fsp3) is 0.0500. The Bertz CT molecular complexity index is 1070. The SMILES string of the molecule is O=C(Cc1ccncc1Nc1ccc(F)cc1)c1ccc2nc[nH]c2c1. The second-order valence-electron chi connectivity index (χ2n) is 5.90. The second-order valence-corrected chi connectivity index (χ2v) is 5.90. The lowest BCUT2D eigenvalue weighted by Gasteiger charge is -2.11. The number of carbonyl (C=O) groups is 1. The molecule has 0 saturated carbocycles. The van der Waals surface area contributed by atoms with Crippen LogP contribution >= 0.6 is 0 Å². The summed E-state index contributed by atoms with van der Waals surface area (Å²) in [5, 5.41) is 3.18. The predicted molar refractivity (Wildman–Crippen MR) is 98.0 cm³/mol. The first kappa shape index (κ1) is 16.0. The van der Waals surface area contributed by atoms with Gasteiger partial charge in [0.05, 0.1) is 29.2 Å². The van der Waals surface area contributed by atoms with Crippen molar-refractivity contribution in [1.29, 1.82) is 0 Å². The van der Waals surface area contributed by atoms with Crippen molar-refractivity contribution in [2.24, 2.45) is 0 Å². The molecule has 2 N–H and O–H groups in total. The largest absolute Gasteiger partial charge is 0.354 e. The number of benzene rings is 2. The molecule has 0 fully saturated rings. The third kappa shape index (κ3) is 3.30. The lowest BCUT2D eigenvalue weighted by atomic mass is 10.0. The number of H-pyrrole nitrogens is 1. The second kappa shape index (κ2) is 6.76. The molecule has 2 aromatic carbocycles. The van der Waals surface area contributed by atoms with Crippen molar-refractivity contribution < 1.29 is 9.18 Å². The van der Waals surface area contributed by atoms with Gasteiger partial charge in [-0.15, -0.1) is 0 Å². The van der Waals surface area contributed by atoms with Crippen LogP contribution in [0.3, 0.4) is 0 Å². The van der Waals surface area contributed by atoms with Gasteiger partial charge in [0.2, 0.25) is 0 Å². The van der Waals surface area contributed by atoms with Gasteiger partial charge in [-0.2, -0.15) is 0 Å². The third-order valence-corrected chi connectivity index (χ3v) is 4.13. The van der Waals surface area contributed by atoms with Crippen LogP contribution in [0.25, 0.3) is 11.0 Å². The highest BCUT2D eigenvalue weighted by atomic mass is 19.1. The number of pyridine rings is 1. The van der Waals surface area contributed by atoms with Gasteiger partial charge < -0.3 is 10.3 Å². The number of nitrogens with zero attached hydrogens (tertiary/aromatic N) is 2. The number of aromatic nitrogens is 3. The van der Waals surface area contributed by atoms with Crippen LogP contribution in [0.1, 0.15) is 15.9 Å². The molecule has 5 nitrogen and oxygen atoms in total. The zero-order chi connectivity index (χ0) is 17.9. The highest BCUT2D eigenvalue weighted by molar-refractivity contribution is 6.00. The summed E-state index contributed by atoms with van der Waals surface area (Å²) in [6, 6.07) is 13.2. The van der Waals surface area contributed by atoms with Crippen LogP contribution < -0.4 is 5.32 Å². The molecule has 0 saturated heterocycles. The van der Waals surface area contributed by atoms with E-state index in [4.69, 9.17) is 0 Å². The van der Waals surface area contributed by atoms with E-state index in [9.17, 15) is 9.18 Å². The molecule has 0 atom stereocenters. The molecule has 0 unspecified atom stereocenters. The van der Waals surface area contributed by atoms with Gasteiger partial charge in [0.1, 0.15) is 5.82 Å². The molecule has 128 valence electrons. The smallest absolute Gasteiger partial charge is 0.167 e.